The molecule has 1 heteroatoms. The van der Waals surface area contributed by atoms with Crippen LogP contribution in [0.5, 0.6) is 0 Å². The Labute approximate surface area is 131 Å². The van der Waals surface area contributed by atoms with Gasteiger partial charge in [-0.15, -0.1) is 0 Å². The van der Waals surface area contributed by atoms with Crippen LogP contribution in [0.25, 0.3) is 0 Å². The van der Waals surface area contributed by atoms with E-state index in [1.165, 1.54) is 88.8 Å². The van der Waals surface area contributed by atoms with Gasteiger partial charge in [0.15, 0.2) is 0 Å². The van der Waals surface area contributed by atoms with Crippen molar-refractivity contribution in [2.45, 2.75) is 116 Å². The van der Waals surface area contributed by atoms with Crippen LogP contribution >= 0.6 is 0 Å². The SMILES string of the molecule is CCCCCCCCCCCC[CH][Si](CC)(CC)CC. The van der Waals surface area contributed by atoms with Crippen molar-refractivity contribution in [3.05, 3.63) is 6.04 Å². The Hall–Kier alpha value is 0.217. The van der Waals surface area contributed by atoms with Gasteiger partial charge >= 0.3 is 0 Å². The van der Waals surface area contributed by atoms with Gasteiger partial charge in [-0.3, -0.25) is 0 Å². The lowest BCUT2D eigenvalue weighted by Gasteiger charge is -2.27. The van der Waals surface area contributed by atoms with E-state index in [1.54, 1.807) is 0 Å². The van der Waals surface area contributed by atoms with Crippen molar-refractivity contribution >= 4 is 8.07 Å². The van der Waals surface area contributed by atoms with Gasteiger partial charge in [0.25, 0.3) is 0 Å². The van der Waals surface area contributed by atoms with Gasteiger partial charge in [0.2, 0.25) is 0 Å². The summed E-state index contributed by atoms with van der Waals surface area (Å²) in [6.45, 7) is 9.53. The molecule has 0 amide bonds. The summed E-state index contributed by atoms with van der Waals surface area (Å²) in [5.41, 5.74) is 0. The van der Waals surface area contributed by atoms with E-state index in [-0.39, 0.29) is 0 Å². The zero-order valence-electron chi connectivity index (χ0n) is 15.0. The molecule has 0 bridgehead atoms. The predicted octanol–water partition coefficient (Wildman–Crippen LogP) is 7.55. The van der Waals surface area contributed by atoms with Crippen LogP contribution in [0.4, 0.5) is 0 Å². The topological polar surface area (TPSA) is 0 Å². The second-order valence-electron chi connectivity index (χ2n) is 6.60. The molecule has 0 nitrogen and oxygen atoms in total. The average molecular weight is 298 g/mol. The predicted molar refractivity (Wildman–Crippen MR) is 98.0 cm³/mol. The molecule has 0 aromatic carbocycles. The fourth-order valence-corrected chi connectivity index (χ4v) is 6.41. The molecule has 0 heterocycles. The Kier molecular flexibility index (Phi) is 14.3. The summed E-state index contributed by atoms with van der Waals surface area (Å²) in [6, 6.07) is 7.14. The first-order valence-electron chi connectivity index (χ1n) is 9.59. The molecule has 0 atom stereocenters. The number of rotatable bonds is 15. The van der Waals surface area contributed by atoms with Gasteiger partial charge < -0.3 is 0 Å². The first kappa shape index (κ1) is 20.2. The molecule has 0 aliphatic carbocycles. The normalized spacial score (nSPS) is 12.0. The summed E-state index contributed by atoms with van der Waals surface area (Å²) in [7, 11) is -0.936. The summed E-state index contributed by atoms with van der Waals surface area (Å²) in [6.07, 6.45) is 16.0. The van der Waals surface area contributed by atoms with E-state index >= 15 is 0 Å². The van der Waals surface area contributed by atoms with Crippen LogP contribution in [0, 0.1) is 6.04 Å². The van der Waals surface area contributed by atoms with Gasteiger partial charge in [-0.25, -0.2) is 0 Å². The lowest BCUT2D eigenvalue weighted by Crippen LogP contribution is -2.32. The molecule has 0 saturated heterocycles. The molecule has 0 aliphatic heterocycles. The summed E-state index contributed by atoms with van der Waals surface area (Å²) in [5.74, 6) is 0. The van der Waals surface area contributed by atoms with Crippen LogP contribution in [0.15, 0.2) is 0 Å². The highest BCUT2D eigenvalue weighted by molar-refractivity contribution is 6.82. The van der Waals surface area contributed by atoms with E-state index in [0.29, 0.717) is 0 Å². The van der Waals surface area contributed by atoms with Crippen LogP contribution in [-0.2, 0) is 0 Å². The Morgan fingerprint density at radius 3 is 1.35 bits per heavy atom. The number of hydrogen-bond acceptors (Lipinski definition) is 0. The molecule has 1 radical (unpaired) electrons. The van der Waals surface area contributed by atoms with Gasteiger partial charge in [0, 0.05) is 0 Å². The molecular weight excluding hydrogens is 256 g/mol. The Morgan fingerprint density at radius 2 is 0.950 bits per heavy atom. The van der Waals surface area contributed by atoms with Crippen molar-refractivity contribution < 1.29 is 0 Å². The van der Waals surface area contributed by atoms with Gasteiger partial charge in [0.05, 0.1) is 8.07 Å². The van der Waals surface area contributed by atoms with Crippen molar-refractivity contribution in [3.8, 4) is 0 Å². The molecule has 121 valence electrons. The maximum atomic E-state index is 2.78. The van der Waals surface area contributed by atoms with Gasteiger partial charge in [0.1, 0.15) is 0 Å². The van der Waals surface area contributed by atoms with Crippen LogP contribution in [-0.4, -0.2) is 8.07 Å². The number of hydrogen-bond donors (Lipinski definition) is 0. The maximum absolute atomic E-state index is 2.78. The average Bonchev–Trinajstić information content (AvgIpc) is 2.49. The third kappa shape index (κ3) is 10.0. The minimum atomic E-state index is -0.936. The summed E-state index contributed by atoms with van der Waals surface area (Å²) >= 11 is 0. The fourth-order valence-electron chi connectivity index (χ4n) is 3.22. The summed E-state index contributed by atoms with van der Waals surface area (Å²) in [4.78, 5) is 0. The first-order chi connectivity index (χ1) is 9.74. The lowest BCUT2D eigenvalue weighted by molar-refractivity contribution is 0.556. The minimum Gasteiger partial charge on any atom is -0.0678 e. The van der Waals surface area contributed by atoms with Crippen molar-refractivity contribution in [2.75, 3.05) is 0 Å². The van der Waals surface area contributed by atoms with Gasteiger partial charge in [-0.1, -0.05) is 116 Å². The van der Waals surface area contributed by atoms with E-state index in [9.17, 15) is 0 Å². The smallest absolute Gasteiger partial charge is 0.0558 e. The molecule has 0 unspecified atom stereocenters. The van der Waals surface area contributed by atoms with Crippen molar-refractivity contribution in [2.24, 2.45) is 0 Å². The summed E-state index contributed by atoms with van der Waals surface area (Å²) in [5, 5.41) is 0. The van der Waals surface area contributed by atoms with E-state index in [4.69, 9.17) is 0 Å². The Balaban J connectivity index is 3.32. The molecule has 0 saturated carbocycles. The molecule has 0 rings (SSSR count). The molecule has 20 heavy (non-hydrogen) atoms. The van der Waals surface area contributed by atoms with E-state index < -0.39 is 8.07 Å². The van der Waals surface area contributed by atoms with E-state index in [2.05, 4.69) is 33.7 Å². The van der Waals surface area contributed by atoms with Crippen molar-refractivity contribution in [3.63, 3.8) is 0 Å². The lowest BCUT2D eigenvalue weighted by atomic mass is 10.1. The molecule has 0 fully saturated rings. The Bertz CT molecular complexity index is 176. The molecule has 0 N–H and O–H groups in total. The second-order valence-corrected chi connectivity index (χ2v) is 11.9. The summed E-state index contributed by atoms with van der Waals surface area (Å²) < 4.78 is 0. The zero-order chi connectivity index (χ0) is 15.1. The largest absolute Gasteiger partial charge is 0.0678 e. The van der Waals surface area contributed by atoms with Crippen molar-refractivity contribution in [1.29, 1.82) is 0 Å². The van der Waals surface area contributed by atoms with E-state index in [1.807, 2.05) is 0 Å². The second kappa shape index (κ2) is 14.2. The highest BCUT2D eigenvalue weighted by Crippen LogP contribution is 2.25. The fraction of sp³-hybridized carbons (Fsp3) is 0.947. The molecule has 0 spiro atoms. The zero-order valence-corrected chi connectivity index (χ0v) is 16.0. The first-order valence-corrected chi connectivity index (χ1v) is 12.3. The van der Waals surface area contributed by atoms with Crippen LogP contribution in [0.3, 0.4) is 0 Å². The molecular formula is C19H41Si. The highest BCUT2D eigenvalue weighted by Gasteiger charge is 2.25. The number of unbranched alkanes of at least 4 members (excludes halogenated alkanes) is 10. The van der Waals surface area contributed by atoms with Crippen LogP contribution in [0.2, 0.25) is 18.1 Å². The van der Waals surface area contributed by atoms with Crippen molar-refractivity contribution in [1.82, 2.24) is 0 Å². The quantitative estimate of drug-likeness (QED) is 0.216. The van der Waals surface area contributed by atoms with Crippen LogP contribution < -0.4 is 0 Å². The highest BCUT2D eigenvalue weighted by atomic mass is 28.3. The molecule has 0 aromatic heterocycles. The molecule has 0 aromatic rings. The van der Waals surface area contributed by atoms with Gasteiger partial charge in [-0.05, 0) is 6.04 Å². The minimum absolute atomic E-state index is 0.936. The molecule has 0 aliphatic rings. The maximum Gasteiger partial charge on any atom is 0.0558 e. The van der Waals surface area contributed by atoms with Gasteiger partial charge in [-0.2, -0.15) is 0 Å². The van der Waals surface area contributed by atoms with Crippen LogP contribution in [0.1, 0.15) is 98.3 Å². The Morgan fingerprint density at radius 1 is 0.550 bits per heavy atom. The van der Waals surface area contributed by atoms with E-state index in [0.717, 1.165) is 0 Å². The standard InChI is InChI=1S/C19H41Si/c1-5-9-10-11-12-13-14-15-16-17-18-19-20(6-2,7-3)8-4/h19H,5-18H2,1-4H3. The monoisotopic (exact) mass is 297 g/mol. The third-order valence-electron chi connectivity index (χ3n) is 5.25. The third-order valence-corrected chi connectivity index (χ3v) is 10.6.